The molecule has 3 aromatic rings. The zero-order valence-corrected chi connectivity index (χ0v) is 18.4. The summed E-state index contributed by atoms with van der Waals surface area (Å²) in [6.45, 7) is 4.54. The van der Waals surface area contributed by atoms with Crippen molar-refractivity contribution in [2.24, 2.45) is 0 Å². The second kappa shape index (κ2) is 7.93. The lowest BCUT2D eigenvalue weighted by Gasteiger charge is -2.34. The minimum atomic E-state index is -3.62. The van der Waals surface area contributed by atoms with Crippen LogP contribution in [0, 0.1) is 13.8 Å². The van der Waals surface area contributed by atoms with E-state index in [1.807, 2.05) is 13.0 Å². The van der Waals surface area contributed by atoms with Gasteiger partial charge in [0.05, 0.1) is 16.7 Å². The monoisotopic (exact) mass is 446 g/mol. The number of piperazine rings is 1. The van der Waals surface area contributed by atoms with Crippen molar-refractivity contribution in [1.82, 2.24) is 18.8 Å². The number of thiophene rings is 1. The summed E-state index contributed by atoms with van der Waals surface area (Å²) in [4.78, 5) is 31.3. The molecule has 4 rings (SSSR count). The number of hydrogen-bond donors (Lipinski definition) is 0. The Kier molecular flexibility index (Phi) is 5.48. The summed E-state index contributed by atoms with van der Waals surface area (Å²) in [5.41, 5.74) is 1.98. The molecule has 30 heavy (non-hydrogen) atoms. The number of carbonyl (C=O) groups is 1. The van der Waals surface area contributed by atoms with Gasteiger partial charge < -0.3 is 4.90 Å². The van der Waals surface area contributed by atoms with Crippen molar-refractivity contribution >= 4 is 37.5 Å². The van der Waals surface area contributed by atoms with Crippen LogP contribution in [-0.4, -0.2) is 59.3 Å². The second-order valence-electron chi connectivity index (χ2n) is 7.37. The number of aryl methyl sites for hydroxylation is 2. The lowest BCUT2D eigenvalue weighted by atomic mass is 10.2. The van der Waals surface area contributed by atoms with Gasteiger partial charge in [0.15, 0.2) is 0 Å². The van der Waals surface area contributed by atoms with Gasteiger partial charge in [-0.05, 0) is 42.5 Å². The molecular formula is C20H22N4O4S2. The Labute approximate surface area is 178 Å². The highest BCUT2D eigenvalue weighted by Crippen LogP contribution is 2.22. The second-order valence-corrected chi connectivity index (χ2v) is 10.2. The van der Waals surface area contributed by atoms with Crippen molar-refractivity contribution in [3.8, 4) is 0 Å². The van der Waals surface area contributed by atoms with Gasteiger partial charge in [0.2, 0.25) is 15.9 Å². The van der Waals surface area contributed by atoms with Crippen LogP contribution in [0.4, 0.5) is 0 Å². The van der Waals surface area contributed by atoms with E-state index in [0.29, 0.717) is 20.7 Å². The van der Waals surface area contributed by atoms with Crippen LogP contribution in [0.25, 0.3) is 10.2 Å². The van der Waals surface area contributed by atoms with Crippen molar-refractivity contribution in [2.45, 2.75) is 25.3 Å². The average Bonchev–Trinajstić information content (AvgIpc) is 3.21. The van der Waals surface area contributed by atoms with Gasteiger partial charge in [-0.25, -0.2) is 13.4 Å². The van der Waals surface area contributed by atoms with Crippen LogP contribution in [0.3, 0.4) is 0 Å². The Hall–Kier alpha value is -2.56. The first-order valence-corrected chi connectivity index (χ1v) is 11.9. The average molecular weight is 447 g/mol. The zero-order chi connectivity index (χ0) is 21.5. The van der Waals surface area contributed by atoms with Crippen LogP contribution < -0.4 is 5.56 Å². The predicted octanol–water partition coefficient (Wildman–Crippen LogP) is 1.61. The first-order valence-electron chi connectivity index (χ1n) is 9.55. The van der Waals surface area contributed by atoms with Crippen molar-refractivity contribution in [2.75, 3.05) is 26.2 Å². The van der Waals surface area contributed by atoms with Crippen LogP contribution >= 0.6 is 11.3 Å². The number of nitrogens with zero attached hydrogens (tertiary/aromatic N) is 4. The van der Waals surface area contributed by atoms with E-state index >= 15 is 0 Å². The summed E-state index contributed by atoms with van der Waals surface area (Å²) in [5.74, 6) is -0.224. The van der Waals surface area contributed by atoms with Gasteiger partial charge in [-0.2, -0.15) is 4.31 Å². The third kappa shape index (κ3) is 3.78. The van der Waals surface area contributed by atoms with Crippen LogP contribution in [0.15, 0.2) is 45.7 Å². The van der Waals surface area contributed by atoms with Crippen molar-refractivity contribution in [3.05, 3.63) is 57.5 Å². The third-order valence-corrected chi connectivity index (χ3v) is 8.23. The molecule has 10 heteroatoms. The fourth-order valence-corrected chi connectivity index (χ4v) is 6.06. The van der Waals surface area contributed by atoms with E-state index in [0.717, 1.165) is 5.56 Å². The van der Waals surface area contributed by atoms with E-state index < -0.39 is 10.0 Å². The Morgan fingerprint density at radius 2 is 1.87 bits per heavy atom. The van der Waals surface area contributed by atoms with E-state index in [-0.39, 0.29) is 44.2 Å². The van der Waals surface area contributed by atoms with Crippen molar-refractivity contribution < 1.29 is 13.2 Å². The predicted molar refractivity (Wildman–Crippen MR) is 115 cm³/mol. The highest BCUT2D eigenvalue weighted by atomic mass is 32.2. The van der Waals surface area contributed by atoms with Gasteiger partial charge in [0.25, 0.3) is 5.56 Å². The lowest BCUT2D eigenvalue weighted by Crippen LogP contribution is -2.51. The summed E-state index contributed by atoms with van der Waals surface area (Å²) in [5, 5.41) is 1.79. The number of amides is 1. The molecule has 0 bridgehead atoms. The van der Waals surface area contributed by atoms with E-state index in [9.17, 15) is 18.0 Å². The first-order chi connectivity index (χ1) is 14.3. The quantitative estimate of drug-likeness (QED) is 0.607. The molecule has 0 saturated carbocycles. The number of sulfonamides is 1. The smallest absolute Gasteiger partial charge is 0.271 e. The molecule has 1 aliphatic rings. The molecule has 0 unspecified atom stereocenters. The fraction of sp³-hybridized carbons (Fsp3) is 0.350. The Morgan fingerprint density at radius 3 is 2.60 bits per heavy atom. The van der Waals surface area contributed by atoms with E-state index in [1.165, 1.54) is 26.5 Å². The van der Waals surface area contributed by atoms with Gasteiger partial charge in [-0.1, -0.05) is 12.1 Å². The molecule has 2 aromatic heterocycles. The Balaban J connectivity index is 1.45. The molecule has 1 saturated heterocycles. The number of rotatable bonds is 4. The lowest BCUT2D eigenvalue weighted by molar-refractivity contribution is -0.133. The van der Waals surface area contributed by atoms with Gasteiger partial charge in [0.1, 0.15) is 11.2 Å². The highest BCUT2D eigenvalue weighted by molar-refractivity contribution is 7.89. The normalized spacial score (nSPS) is 15.6. The van der Waals surface area contributed by atoms with Gasteiger partial charge in [0, 0.05) is 26.2 Å². The maximum absolute atomic E-state index is 13.0. The summed E-state index contributed by atoms with van der Waals surface area (Å²) in [6.07, 6.45) is 1.39. The molecule has 3 heterocycles. The first kappa shape index (κ1) is 20.7. The Bertz CT molecular complexity index is 1270. The van der Waals surface area contributed by atoms with Crippen molar-refractivity contribution in [1.29, 1.82) is 0 Å². The molecule has 0 radical (unpaired) electrons. The molecule has 0 spiro atoms. The van der Waals surface area contributed by atoms with Crippen molar-refractivity contribution in [3.63, 3.8) is 0 Å². The van der Waals surface area contributed by atoms with Crippen LogP contribution in [0.1, 0.15) is 11.1 Å². The van der Waals surface area contributed by atoms with Gasteiger partial charge in [-0.3, -0.25) is 14.2 Å². The minimum absolute atomic E-state index is 0.108. The summed E-state index contributed by atoms with van der Waals surface area (Å²) in [6, 6.07) is 7.14. The third-order valence-electron chi connectivity index (χ3n) is 5.29. The number of hydrogen-bond acceptors (Lipinski definition) is 6. The molecule has 1 amide bonds. The molecule has 1 aliphatic heterocycles. The van der Waals surface area contributed by atoms with E-state index in [4.69, 9.17) is 0 Å². The summed E-state index contributed by atoms with van der Waals surface area (Å²) < 4.78 is 29.3. The topological polar surface area (TPSA) is 92.6 Å². The number of aromatic nitrogens is 2. The fourth-order valence-electron chi connectivity index (χ4n) is 3.54. The molecule has 0 atom stereocenters. The standard InChI is InChI=1S/C20H22N4O4S2/c1-14-3-4-15(2)17(11-14)30(27,28)24-8-6-22(7-9-24)18(25)12-23-13-21-16-5-10-29-19(16)20(23)26/h3-5,10-11,13H,6-9,12H2,1-2H3. The molecule has 0 aliphatic carbocycles. The number of fused-ring (bicyclic) bond motifs is 1. The molecule has 0 N–H and O–H groups in total. The summed E-state index contributed by atoms with van der Waals surface area (Å²) in [7, 11) is -3.62. The molecule has 8 nitrogen and oxygen atoms in total. The largest absolute Gasteiger partial charge is 0.338 e. The van der Waals surface area contributed by atoms with E-state index in [2.05, 4.69) is 4.98 Å². The SMILES string of the molecule is Cc1ccc(C)c(S(=O)(=O)N2CCN(C(=O)Cn3cnc4ccsc4c3=O)CC2)c1. The zero-order valence-electron chi connectivity index (χ0n) is 16.7. The Morgan fingerprint density at radius 1 is 1.13 bits per heavy atom. The highest BCUT2D eigenvalue weighted by Gasteiger charge is 2.31. The van der Waals surface area contributed by atoms with Crippen LogP contribution in [0.5, 0.6) is 0 Å². The molecule has 158 valence electrons. The summed E-state index contributed by atoms with van der Waals surface area (Å²) >= 11 is 1.30. The van der Waals surface area contributed by atoms with Crippen LogP contribution in [0.2, 0.25) is 0 Å². The van der Waals surface area contributed by atoms with Crippen LogP contribution in [-0.2, 0) is 21.4 Å². The number of benzene rings is 1. The van der Waals surface area contributed by atoms with Gasteiger partial charge >= 0.3 is 0 Å². The molecule has 1 aromatic carbocycles. The minimum Gasteiger partial charge on any atom is -0.338 e. The maximum atomic E-state index is 13.0. The van der Waals surface area contributed by atoms with E-state index in [1.54, 1.807) is 35.4 Å². The molecule has 1 fully saturated rings. The molecular weight excluding hydrogens is 424 g/mol. The maximum Gasteiger partial charge on any atom is 0.271 e. The van der Waals surface area contributed by atoms with Gasteiger partial charge in [-0.15, -0.1) is 11.3 Å². The number of carbonyl (C=O) groups excluding carboxylic acids is 1.